The van der Waals surface area contributed by atoms with Gasteiger partial charge in [0, 0.05) is 41.4 Å². The van der Waals surface area contributed by atoms with E-state index in [9.17, 15) is 9.59 Å². The fourth-order valence-corrected chi connectivity index (χ4v) is 2.70. The van der Waals surface area contributed by atoms with Gasteiger partial charge in [-0.3, -0.25) is 9.36 Å². The summed E-state index contributed by atoms with van der Waals surface area (Å²) in [6, 6.07) is 17.4. The average molecular weight is 350 g/mol. The Morgan fingerprint density at radius 1 is 0.962 bits per heavy atom. The SMILES string of the molecule is Cc1[nH]c(=O)n(CCC(=O)Nc2ccc(Nc3ccccc3)cc2)c1C. The molecule has 134 valence electrons. The van der Waals surface area contributed by atoms with Crippen molar-refractivity contribution >= 4 is 23.0 Å². The maximum absolute atomic E-state index is 12.1. The second kappa shape index (κ2) is 7.74. The number of aromatic nitrogens is 2. The van der Waals surface area contributed by atoms with Crippen LogP contribution in [-0.2, 0) is 11.3 Å². The summed E-state index contributed by atoms with van der Waals surface area (Å²) in [5.74, 6) is -0.126. The number of hydrogen-bond donors (Lipinski definition) is 3. The van der Waals surface area contributed by atoms with Crippen molar-refractivity contribution in [3.05, 3.63) is 76.5 Å². The molecule has 0 bridgehead atoms. The van der Waals surface area contributed by atoms with Crippen molar-refractivity contribution in [2.45, 2.75) is 26.8 Å². The fraction of sp³-hybridized carbons (Fsp3) is 0.200. The molecular weight excluding hydrogens is 328 g/mol. The first-order valence-electron chi connectivity index (χ1n) is 8.51. The van der Waals surface area contributed by atoms with E-state index in [0.29, 0.717) is 6.54 Å². The lowest BCUT2D eigenvalue weighted by Crippen LogP contribution is -2.22. The molecule has 6 heteroatoms. The molecule has 1 amide bonds. The maximum atomic E-state index is 12.1. The molecule has 26 heavy (non-hydrogen) atoms. The standard InChI is InChI=1S/C20H22N4O2/c1-14-15(2)24(20(26)21-14)13-12-19(25)23-18-10-8-17(9-11-18)22-16-6-4-3-5-7-16/h3-11,22H,12-13H2,1-2H3,(H,21,26)(H,23,25). The first-order valence-corrected chi connectivity index (χ1v) is 8.51. The number of aromatic amines is 1. The molecule has 0 aliphatic carbocycles. The topological polar surface area (TPSA) is 78.9 Å². The largest absolute Gasteiger partial charge is 0.356 e. The van der Waals surface area contributed by atoms with Crippen LogP contribution >= 0.6 is 0 Å². The van der Waals surface area contributed by atoms with E-state index in [4.69, 9.17) is 0 Å². The predicted octanol–water partition coefficient (Wildman–Crippen LogP) is 3.57. The number of nitrogens with one attached hydrogen (secondary N) is 3. The summed E-state index contributed by atoms with van der Waals surface area (Å²) in [7, 11) is 0. The summed E-state index contributed by atoms with van der Waals surface area (Å²) in [6.45, 7) is 4.07. The maximum Gasteiger partial charge on any atom is 0.325 e. The predicted molar refractivity (Wildman–Crippen MR) is 104 cm³/mol. The number of carbonyl (C=O) groups is 1. The summed E-state index contributed by atoms with van der Waals surface area (Å²) in [5, 5.41) is 6.15. The van der Waals surface area contributed by atoms with Crippen molar-refractivity contribution in [2.75, 3.05) is 10.6 Å². The Labute approximate surface area is 151 Å². The molecule has 0 fully saturated rings. The minimum absolute atomic E-state index is 0.126. The van der Waals surface area contributed by atoms with Gasteiger partial charge >= 0.3 is 5.69 Å². The molecule has 3 aromatic rings. The summed E-state index contributed by atoms with van der Waals surface area (Å²) < 4.78 is 1.59. The number of aryl methyl sites for hydroxylation is 1. The van der Waals surface area contributed by atoms with Gasteiger partial charge in [0.2, 0.25) is 5.91 Å². The molecule has 6 nitrogen and oxygen atoms in total. The number of hydrogen-bond acceptors (Lipinski definition) is 3. The quantitative estimate of drug-likeness (QED) is 0.636. The molecule has 0 atom stereocenters. The lowest BCUT2D eigenvalue weighted by atomic mass is 10.2. The highest BCUT2D eigenvalue weighted by atomic mass is 16.2. The van der Waals surface area contributed by atoms with E-state index in [-0.39, 0.29) is 18.0 Å². The summed E-state index contributed by atoms with van der Waals surface area (Å²) in [4.78, 5) is 26.7. The van der Waals surface area contributed by atoms with Crippen LogP contribution in [0.2, 0.25) is 0 Å². The highest BCUT2D eigenvalue weighted by Gasteiger charge is 2.09. The Bertz CT molecular complexity index is 940. The Hall–Kier alpha value is -3.28. The van der Waals surface area contributed by atoms with Crippen molar-refractivity contribution in [1.82, 2.24) is 9.55 Å². The van der Waals surface area contributed by atoms with Crippen molar-refractivity contribution in [3.8, 4) is 0 Å². The number of carbonyl (C=O) groups excluding carboxylic acids is 1. The van der Waals surface area contributed by atoms with E-state index in [0.717, 1.165) is 28.5 Å². The third kappa shape index (κ3) is 4.22. The van der Waals surface area contributed by atoms with Crippen LogP contribution in [-0.4, -0.2) is 15.5 Å². The Kier molecular flexibility index (Phi) is 5.22. The normalized spacial score (nSPS) is 10.5. The molecular formula is C20H22N4O2. The van der Waals surface area contributed by atoms with Crippen LogP contribution in [0, 0.1) is 13.8 Å². The van der Waals surface area contributed by atoms with Crippen molar-refractivity contribution in [3.63, 3.8) is 0 Å². The van der Waals surface area contributed by atoms with Crippen LogP contribution in [0.4, 0.5) is 17.1 Å². The summed E-state index contributed by atoms with van der Waals surface area (Å²) >= 11 is 0. The monoisotopic (exact) mass is 350 g/mol. The molecule has 0 saturated carbocycles. The highest BCUT2D eigenvalue weighted by molar-refractivity contribution is 5.90. The second-order valence-corrected chi connectivity index (χ2v) is 6.16. The molecule has 0 radical (unpaired) electrons. The summed E-state index contributed by atoms with van der Waals surface area (Å²) in [5.41, 5.74) is 4.19. The Morgan fingerprint density at radius 3 is 2.19 bits per heavy atom. The number of imidazole rings is 1. The molecule has 0 spiro atoms. The third-order valence-electron chi connectivity index (χ3n) is 4.28. The Morgan fingerprint density at radius 2 is 1.58 bits per heavy atom. The van der Waals surface area contributed by atoms with Gasteiger partial charge in [-0.1, -0.05) is 18.2 Å². The van der Waals surface area contributed by atoms with Crippen molar-refractivity contribution in [1.29, 1.82) is 0 Å². The minimum Gasteiger partial charge on any atom is -0.356 e. The van der Waals surface area contributed by atoms with E-state index >= 15 is 0 Å². The van der Waals surface area contributed by atoms with Gasteiger partial charge in [-0.15, -0.1) is 0 Å². The number of amides is 1. The number of benzene rings is 2. The van der Waals surface area contributed by atoms with Crippen molar-refractivity contribution < 1.29 is 4.79 Å². The molecule has 2 aromatic carbocycles. The first kappa shape index (κ1) is 17.5. The highest BCUT2D eigenvalue weighted by Crippen LogP contribution is 2.18. The molecule has 1 aromatic heterocycles. The number of para-hydroxylation sites is 1. The molecule has 1 heterocycles. The number of anilines is 3. The molecule has 0 unspecified atom stereocenters. The zero-order valence-electron chi connectivity index (χ0n) is 14.9. The fourth-order valence-electron chi connectivity index (χ4n) is 2.70. The molecule has 3 N–H and O–H groups in total. The summed E-state index contributed by atoms with van der Waals surface area (Å²) in [6.07, 6.45) is 0.238. The molecule has 0 aliphatic rings. The van der Waals surface area contributed by atoms with Gasteiger partial charge in [-0.05, 0) is 50.2 Å². The van der Waals surface area contributed by atoms with Gasteiger partial charge in [0.05, 0.1) is 0 Å². The van der Waals surface area contributed by atoms with E-state index in [2.05, 4.69) is 15.6 Å². The van der Waals surface area contributed by atoms with E-state index < -0.39 is 0 Å². The minimum atomic E-state index is -0.177. The third-order valence-corrected chi connectivity index (χ3v) is 4.28. The van der Waals surface area contributed by atoms with Crippen LogP contribution < -0.4 is 16.3 Å². The van der Waals surface area contributed by atoms with Crippen LogP contribution in [0.3, 0.4) is 0 Å². The number of rotatable bonds is 6. The molecule has 0 saturated heterocycles. The van der Waals surface area contributed by atoms with Crippen molar-refractivity contribution in [2.24, 2.45) is 0 Å². The first-order chi connectivity index (χ1) is 12.5. The van der Waals surface area contributed by atoms with Crippen LogP contribution in [0.25, 0.3) is 0 Å². The van der Waals surface area contributed by atoms with Crippen LogP contribution in [0.15, 0.2) is 59.4 Å². The van der Waals surface area contributed by atoms with Crippen LogP contribution in [0.1, 0.15) is 17.8 Å². The van der Waals surface area contributed by atoms with E-state index in [1.807, 2.05) is 68.4 Å². The molecule has 3 rings (SSSR count). The van der Waals surface area contributed by atoms with Gasteiger partial charge in [-0.2, -0.15) is 0 Å². The smallest absolute Gasteiger partial charge is 0.325 e. The van der Waals surface area contributed by atoms with Gasteiger partial charge in [0.25, 0.3) is 0 Å². The van der Waals surface area contributed by atoms with Gasteiger partial charge in [0.15, 0.2) is 0 Å². The Balaban J connectivity index is 1.55. The number of H-pyrrole nitrogens is 1. The zero-order chi connectivity index (χ0) is 18.5. The van der Waals surface area contributed by atoms with Gasteiger partial charge < -0.3 is 15.6 Å². The molecule has 0 aliphatic heterocycles. The van der Waals surface area contributed by atoms with Crippen LogP contribution in [0.5, 0.6) is 0 Å². The zero-order valence-corrected chi connectivity index (χ0v) is 14.9. The van der Waals surface area contributed by atoms with E-state index in [1.165, 1.54) is 0 Å². The van der Waals surface area contributed by atoms with E-state index in [1.54, 1.807) is 4.57 Å². The van der Waals surface area contributed by atoms with Gasteiger partial charge in [0.1, 0.15) is 0 Å². The van der Waals surface area contributed by atoms with Gasteiger partial charge in [-0.25, -0.2) is 4.79 Å². The lowest BCUT2D eigenvalue weighted by molar-refractivity contribution is -0.116. The number of nitrogens with zero attached hydrogens (tertiary/aromatic N) is 1. The average Bonchev–Trinajstić information content (AvgIpc) is 2.88. The second-order valence-electron chi connectivity index (χ2n) is 6.16. The lowest BCUT2D eigenvalue weighted by Gasteiger charge is -2.09.